The Morgan fingerprint density at radius 3 is 2.36 bits per heavy atom. The molecule has 2 saturated heterocycles. The molecule has 2 amide bonds. The lowest BCUT2D eigenvalue weighted by Gasteiger charge is -2.49. The molecule has 0 saturated carbocycles. The van der Waals surface area contributed by atoms with Crippen LogP contribution in [0.25, 0.3) is 10.8 Å². The van der Waals surface area contributed by atoms with E-state index in [1.807, 2.05) is 12.1 Å². The van der Waals surface area contributed by atoms with E-state index in [9.17, 15) is 9.59 Å². The number of anilines is 1. The Labute approximate surface area is 175 Å². The molecule has 1 unspecified atom stereocenters. The third-order valence-corrected chi connectivity index (χ3v) is 7.04. The van der Waals surface area contributed by atoms with E-state index in [1.54, 1.807) is 12.1 Å². The van der Waals surface area contributed by atoms with Gasteiger partial charge in [-0.1, -0.05) is 30.2 Å². The molecule has 148 valence electrons. The van der Waals surface area contributed by atoms with Crippen LogP contribution in [0.4, 0.5) is 5.69 Å². The van der Waals surface area contributed by atoms with Gasteiger partial charge in [0.05, 0.1) is 16.3 Å². The summed E-state index contributed by atoms with van der Waals surface area (Å²) >= 11 is 6.29. The van der Waals surface area contributed by atoms with E-state index >= 15 is 0 Å². The Morgan fingerprint density at radius 2 is 1.68 bits per heavy atom. The minimum Gasteiger partial charge on any atom is -0.397 e. The van der Waals surface area contributed by atoms with E-state index in [2.05, 4.69) is 11.9 Å². The Kier molecular flexibility index (Phi) is 4.81. The lowest BCUT2D eigenvalue weighted by atomic mass is 9.80. The van der Waals surface area contributed by atoms with Crippen LogP contribution < -0.4 is 5.73 Å². The van der Waals surface area contributed by atoms with Crippen molar-refractivity contribution in [1.82, 2.24) is 9.80 Å². The predicted molar refractivity (Wildman–Crippen MR) is 113 cm³/mol. The number of benzene rings is 2. The van der Waals surface area contributed by atoms with Crippen molar-refractivity contribution in [3.8, 4) is 0 Å². The van der Waals surface area contributed by atoms with Crippen LogP contribution in [0.2, 0.25) is 5.02 Å². The molecule has 3 heterocycles. The standard InChI is InChI=1S/C21H22ClN3O2.ClH/c1-24-11-4-2-5-12(24)9-13(8-11)25-20(26)15-7-3-6-14-18(15)16(21(25)27)10-17(22)19(14)23;/h3,6-7,10-13H,2,4-5,8-9,23H2,1H3;1H/t11-,12+,13?;. The normalized spacial score (nSPS) is 27.1. The van der Waals surface area contributed by atoms with E-state index < -0.39 is 0 Å². The Hall–Kier alpha value is -1.82. The number of halogens is 2. The number of nitrogens with zero attached hydrogens (tertiary/aromatic N) is 2. The molecule has 0 aromatic heterocycles. The van der Waals surface area contributed by atoms with Crippen molar-refractivity contribution in [3.63, 3.8) is 0 Å². The van der Waals surface area contributed by atoms with Gasteiger partial charge >= 0.3 is 0 Å². The van der Waals surface area contributed by atoms with Crippen LogP contribution >= 0.6 is 24.0 Å². The van der Waals surface area contributed by atoms with E-state index in [0.717, 1.165) is 25.7 Å². The summed E-state index contributed by atoms with van der Waals surface area (Å²) in [6.45, 7) is 0. The molecular weight excluding hydrogens is 397 g/mol. The second-order valence-corrected chi connectivity index (χ2v) is 8.46. The van der Waals surface area contributed by atoms with Crippen LogP contribution in [-0.2, 0) is 0 Å². The first kappa shape index (κ1) is 19.5. The molecule has 5 rings (SSSR count). The lowest BCUT2D eigenvalue weighted by Crippen LogP contribution is -2.58. The van der Waals surface area contributed by atoms with Crippen LogP contribution in [0.1, 0.15) is 52.8 Å². The molecule has 3 aliphatic heterocycles. The molecule has 2 aromatic carbocycles. The highest BCUT2D eigenvalue weighted by atomic mass is 35.5. The summed E-state index contributed by atoms with van der Waals surface area (Å²) in [5.74, 6) is -0.439. The van der Waals surface area contributed by atoms with Gasteiger partial charge in [0.15, 0.2) is 0 Å². The molecular formula is C21H23Cl2N3O2. The van der Waals surface area contributed by atoms with Gasteiger partial charge in [-0.25, -0.2) is 0 Å². The molecule has 3 atom stereocenters. The SMILES string of the molecule is CN1[C@@H]2CCC[C@H]1CC(N1C(=O)c3cccc4c(N)c(Cl)cc(c34)C1=O)C2.Cl. The number of nitrogen functional groups attached to an aromatic ring is 1. The van der Waals surface area contributed by atoms with Gasteiger partial charge in [0, 0.05) is 34.5 Å². The smallest absolute Gasteiger partial charge is 0.261 e. The molecule has 0 radical (unpaired) electrons. The number of nitrogens with two attached hydrogens (primary N) is 1. The molecule has 28 heavy (non-hydrogen) atoms. The summed E-state index contributed by atoms with van der Waals surface area (Å²) in [6, 6.07) is 7.86. The minimum absolute atomic E-state index is 0. The summed E-state index contributed by atoms with van der Waals surface area (Å²) in [7, 11) is 2.17. The first-order chi connectivity index (χ1) is 13.0. The highest BCUT2D eigenvalue weighted by Gasteiger charge is 2.44. The van der Waals surface area contributed by atoms with E-state index in [0.29, 0.717) is 44.7 Å². The summed E-state index contributed by atoms with van der Waals surface area (Å²) in [4.78, 5) is 30.6. The van der Waals surface area contributed by atoms with Crippen LogP contribution in [0.15, 0.2) is 24.3 Å². The van der Waals surface area contributed by atoms with Crippen LogP contribution in [0.5, 0.6) is 0 Å². The van der Waals surface area contributed by atoms with Gasteiger partial charge in [0.1, 0.15) is 0 Å². The van der Waals surface area contributed by atoms with Crippen molar-refractivity contribution in [1.29, 1.82) is 0 Å². The summed E-state index contributed by atoms with van der Waals surface area (Å²) in [5, 5.41) is 1.67. The number of rotatable bonds is 1. The van der Waals surface area contributed by atoms with E-state index in [-0.39, 0.29) is 30.3 Å². The zero-order valence-corrected chi connectivity index (χ0v) is 17.2. The van der Waals surface area contributed by atoms with Crippen molar-refractivity contribution >= 4 is 52.3 Å². The quantitative estimate of drug-likeness (QED) is 0.557. The molecule has 2 N–H and O–H groups in total. The molecule has 2 bridgehead atoms. The van der Waals surface area contributed by atoms with Gasteiger partial charge in [-0.15, -0.1) is 12.4 Å². The fraction of sp³-hybridized carbons (Fsp3) is 0.429. The zero-order chi connectivity index (χ0) is 18.9. The monoisotopic (exact) mass is 419 g/mol. The van der Waals surface area contributed by atoms with Crippen LogP contribution in [0, 0.1) is 0 Å². The number of carbonyl (C=O) groups excluding carboxylic acids is 2. The Balaban J connectivity index is 0.00000192. The number of hydrogen-bond donors (Lipinski definition) is 1. The number of amides is 2. The maximum atomic E-state index is 13.4. The third-order valence-electron chi connectivity index (χ3n) is 6.73. The number of hydrogen-bond acceptors (Lipinski definition) is 4. The minimum atomic E-state index is -0.238. The summed E-state index contributed by atoms with van der Waals surface area (Å²) in [5.41, 5.74) is 7.56. The first-order valence-corrected chi connectivity index (χ1v) is 9.95. The topological polar surface area (TPSA) is 66.6 Å². The highest BCUT2D eigenvalue weighted by Crippen LogP contribution is 2.41. The zero-order valence-electron chi connectivity index (χ0n) is 15.7. The van der Waals surface area contributed by atoms with Gasteiger partial charge in [0.25, 0.3) is 11.8 Å². The number of piperidine rings is 2. The first-order valence-electron chi connectivity index (χ1n) is 9.58. The van der Waals surface area contributed by atoms with E-state index in [1.165, 1.54) is 11.3 Å². The molecule has 3 aliphatic rings. The van der Waals surface area contributed by atoms with Crippen molar-refractivity contribution < 1.29 is 9.59 Å². The fourth-order valence-electron chi connectivity index (χ4n) is 5.30. The van der Waals surface area contributed by atoms with Crippen molar-refractivity contribution in [2.75, 3.05) is 12.8 Å². The van der Waals surface area contributed by atoms with Gasteiger partial charge in [-0.2, -0.15) is 0 Å². The second kappa shape index (κ2) is 6.90. The summed E-state index contributed by atoms with van der Waals surface area (Å²) in [6.07, 6.45) is 5.19. The maximum absolute atomic E-state index is 13.4. The number of fused-ring (bicyclic) bond motifs is 2. The average molecular weight is 420 g/mol. The number of imide groups is 1. The molecule has 0 spiro atoms. The van der Waals surface area contributed by atoms with Crippen LogP contribution in [0.3, 0.4) is 0 Å². The summed E-state index contributed by atoms with van der Waals surface area (Å²) < 4.78 is 0. The van der Waals surface area contributed by atoms with Crippen molar-refractivity contribution in [2.45, 2.75) is 50.2 Å². The van der Waals surface area contributed by atoms with Crippen molar-refractivity contribution in [2.24, 2.45) is 0 Å². The van der Waals surface area contributed by atoms with Crippen molar-refractivity contribution in [3.05, 3.63) is 40.4 Å². The third kappa shape index (κ3) is 2.64. The van der Waals surface area contributed by atoms with Gasteiger partial charge in [-0.05, 0) is 44.9 Å². The Morgan fingerprint density at radius 1 is 1.04 bits per heavy atom. The molecule has 7 heteroatoms. The lowest BCUT2D eigenvalue weighted by molar-refractivity contribution is 0.0108. The average Bonchev–Trinajstić information content (AvgIpc) is 2.64. The largest absolute Gasteiger partial charge is 0.397 e. The highest BCUT2D eigenvalue weighted by molar-refractivity contribution is 6.37. The number of carbonyl (C=O) groups is 2. The van der Waals surface area contributed by atoms with E-state index in [4.69, 9.17) is 17.3 Å². The van der Waals surface area contributed by atoms with Gasteiger partial charge in [0.2, 0.25) is 0 Å². The van der Waals surface area contributed by atoms with Crippen LogP contribution in [-0.4, -0.2) is 46.8 Å². The second-order valence-electron chi connectivity index (χ2n) is 8.06. The predicted octanol–water partition coefficient (Wildman–Crippen LogP) is 4.11. The maximum Gasteiger partial charge on any atom is 0.261 e. The molecule has 2 fully saturated rings. The Bertz CT molecular complexity index is 979. The van der Waals surface area contributed by atoms with Gasteiger partial charge < -0.3 is 10.6 Å². The fourth-order valence-corrected chi connectivity index (χ4v) is 5.51. The van der Waals surface area contributed by atoms with Gasteiger partial charge in [-0.3, -0.25) is 14.5 Å². The molecule has 2 aromatic rings. The molecule has 5 nitrogen and oxygen atoms in total. The molecule has 0 aliphatic carbocycles.